The molecule has 0 bridgehead atoms. The normalized spacial score (nSPS) is 12.4. The summed E-state index contributed by atoms with van der Waals surface area (Å²) in [7, 11) is 0. The number of ketones is 1. The number of hydrogen-bond acceptors (Lipinski definition) is 2. The van der Waals surface area contributed by atoms with E-state index in [4.69, 9.17) is 5.73 Å². The number of hydrogen-bond donors (Lipinski definition) is 1. The van der Waals surface area contributed by atoms with E-state index in [0.717, 1.165) is 0 Å². The minimum absolute atomic E-state index is 0.0357. The maximum Gasteiger partial charge on any atom is 0.152 e. The summed E-state index contributed by atoms with van der Waals surface area (Å²) in [5, 5.41) is 0. The molecule has 0 aromatic rings. The molecule has 0 aliphatic rings. The van der Waals surface area contributed by atoms with E-state index < -0.39 is 0 Å². The van der Waals surface area contributed by atoms with E-state index in [-0.39, 0.29) is 11.3 Å². The average molecular weight is 127 g/mol. The van der Waals surface area contributed by atoms with Crippen LogP contribution in [0.1, 0.15) is 20.8 Å². The largest absolute Gasteiger partial charge is 0.322 e. The minimum atomic E-state index is -0.369. The number of carbonyl (C=O) groups is 1. The maximum absolute atomic E-state index is 10.3. The van der Waals surface area contributed by atoms with E-state index in [1.54, 1.807) is 6.08 Å². The summed E-state index contributed by atoms with van der Waals surface area (Å²) in [5.41, 5.74) is 5.18. The summed E-state index contributed by atoms with van der Waals surface area (Å²) < 4.78 is 0. The fourth-order valence-corrected chi connectivity index (χ4v) is 0.332. The first-order chi connectivity index (χ1) is 3.92. The topological polar surface area (TPSA) is 43.1 Å². The van der Waals surface area contributed by atoms with Crippen LogP contribution in [-0.2, 0) is 4.79 Å². The molecule has 0 spiro atoms. The average Bonchev–Trinajstić information content (AvgIpc) is 1.59. The van der Waals surface area contributed by atoms with Crippen LogP contribution in [0.25, 0.3) is 0 Å². The molecular weight excluding hydrogens is 114 g/mol. The molecule has 2 heteroatoms. The van der Waals surface area contributed by atoms with Gasteiger partial charge in [0.1, 0.15) is 0 Å². The highest BCUT2D eigenvalue weighted by Crippen LogP contribution is 1.97. The van der Waals surface area contributed by atoms with Gasteiger partial charge in [0.05, 0.1) is 0 Å². The molecule has 0 heterocycles. The maximum atomic E-state index is 10.3. The Morgan fingerprint density at radius 2 is 2.00 bits per heavy atom. The van der Waals surface area contributed by atoms with Gasteiger partial charge in [0, 0.05) is 5.54 Å². The Morgan fingerprint density at radius 1 is 1.56 bits per heavy atom. The lowest BCUT2D eigenvalue weighted by atomic mass is 10.1. The van der Waals surface area contributed by atoms with Gasteiger partial charge in [0.15, 0.2) is 5.78 Å². The standard InChI is InChI=1S/C7H13NO/c1-6(9)4-5-7(2,3)8/h4-5H,8H2,1-3H3/b5-4+. The highest BCUT2D eigenvalue weighted by atomic mass is 16.1. The number of nitrogens with two attached hydrogens (primary N) is 1. The van der Waals surface area contributed by atoms with Crippen molar-refractivity contribution in [2.75, 3.05) is 0 Å². The lowest BCUT2D eigenvalue weighted by Crippen LogP contribution is -2.28. The molecule has 0 saturated carbocycles. The van der Waals surface area contributed by atoms with E-state index in [0.29, 0.717) is 0 Å². The molecule has 0 unspecified atom stereocenters. The monoisotopic (exact) mass is 127 g/mol. The molecule has 0 rings (SSSR count). The van der Waals surface area contributed by atoms with Gasteiger partial charge in [-0.2, -0.15) is 0 Å². The Bertz CT molecular complexity index is 130. The van der Waals surface area contributed by atoms with Gasteiger partial charge in [-0.1, -0.05) is 6.08 Å². The van der Waals surface area contributed by atoms with Gasteiger partial charge >= 0.3 is 0 Å². The van der Waals surface area contributed by atoms with E-state index in [9.17, 15) is 4.79 Å². The van der Waals surface area contributed by atoms with Crippen LogP contribution in [0.4, 0.5) is 0 Å². The second-order valence-corrected chi connectivity index (χ2v) is 2.77. The van der Waals surface area contributed by atoms with E-state index in [1.807, 2.05) is 13.8 Å². The SMILES string of the molecule is CC(=O)/C=C/C(C)(C)N. The fraction of sp³-hybridized carbons (Fsp3) is 0.571. The van der Waals surface area contributed by atoms with Crippen molar-refractivity contribution in [3.8, 4) is 0 Å². The van der Waals surface area contributed by atoms with Crippen molar-refractivity contribution in [2.45, 2.75) is 26.3 Å². The van der Waals surface area contributed by atoms with Crippen LogP contribution in [-0.4, -0.2) is 11.3 Å². The Kier molecular flexibility index (Phi) is 2.59. The van der Waals surface area contributed by atoms with Crippen LogP contribution in [0.5, 0.6) is 0 Å². The molecule has 9 heavy (non-hydrogen) atoms. The van der Waals surface area contributed by atoms with Crippen molar-refractivity contribution >= 4 is 5.78 Å². The van der Waals surface area contributed by atoms with Crippen LogP contribution < -0.4 is 5.73 Å². The predicted molar refractivity (Wildman–Crippen MR) is 38.1 cm³/mol. The van der Waals surface area contributed by atoms with Gasteiger partial charge in [-0.25, -0.2) is 0 Å². The Hall–Kier alpha value is -0.630. The smallest absolute Gasteiger partial charge is 0.152 e. The zero-order valence-corrected chi connectivity index (χ0v) is 6.14. The summed E-state index contributed by atoms with van der Waals surface area (Å²) in [6.07, 6.45) is 3.18. The molecular formula is C7H13NO. The third-order valence-electron chi connectivity index (χ3n) is 0.748. The molecule has 0 aliphatic carbocycles. The van der Waals surface area contributed by atoms with Crippen LogP contribution in [0.3, 0.4) is 0 Å². The van der Waals surface area contributed by atoms with Crippen LogP contribution in [0.2, 0.25) is 0 Å². The lowest BCUT2D eigenvalue weighted by molar-refractivity contribution is -0.112. The first-order valence-electron chi connectivity index (χ1n) is 2.90. The van der Waals surface area contributed by atoms with E-state index in [2.05, 4.69) is 0 Å². The third kappa shape index (κ3) is 7.37. The predicted octanol–water partition coefficient (Wildman–Crippen LogP) is 0.869. The van der Waals surface area contributed by atoms with Gasteiger partial charge in [-0.15, -0.1) is 0 Å². The summed E-state index contributed by atoms with van der Waals surface area (Å²) in [6.45, 7) is 5.18. The van der Waals surface area contributed by atoms with Gasteiger partial charge in [-0.3, -0.25) is 4.79 Å². The quantitative estimate of drug-likeness (QED) is 0.559. The van der Waals surface area contributed by atoms with E-state index in [1.165, 1.54) is 13.0 Å². The first kappa shape index (κ1) is 8.37. The lowest BCUT2D eigenvalue weighted by Gasteiger charge is -2.10. The molecule has 0 fully saturated rings. The fourth-order valence-electron chi connectivity index (χ4n) is 0.332. The Labute approximate surface area is 55.7 Å². The minimum Gasteiger partial charge on any atom is -0.322 e. The molecule has 0 aromatic heterocycles. The van der Waals surface area contributed by atoms with Crippen LogP contribution >= 0.6 is 0 Å². The van der Waals surface area contributed by atoms with Gasteiger partial charge in [0.25, 0.3) is 0 Å². The Balaban J connectivity index is 3.86. The van der Waals surface area contributed by atoms with Crippen molar-refractivity contribution in [2.24, 2.45) is 5.73 Å². The first-order valence-corrected chi connectivity index (χ1v) is 2.90. The van der Waals surface area contributed by atoms with Crippen molar-refractivity contribution < 1.29 is 4.79 Å². The van der Waals surface area contributed by atoms with Crippen molar-refractivity contribution in [1.29, 1.82) is 0 Å². The molecule has 0 radical (unpaired) electrons. The molecule has 0 amide bonds. The number of rotatable bonds is 2. The van der Waals surface area contributed by atoms with Gasteiger partial charge in [0.2, 0.25) is 0 Å². The van der Waals surface area contributed by atoms with Crippen LogP contribution in [0.15, 0.2) is 12.2 Å². The highest BCUT2D eigenvalue weighted by molar-refractivity contribution is 5.87. The van der Waals surface area contributed by atoms with Crippen molar-refractivity contribution in [3.05, 3.63) is 12.2 Å². The van der Waals surface area contributed by atoms with Crippen LogP contribution in [0, 0.1) is 0 Å². The molecule has 0 aliphatic heterocycles. The van der Waals surface area contributed by atoms with Gasteiger partial charge in [-0.05, 0) is 26.8 Å². The van der Waals surface area contributed by atoms with Gasteiger partial charge < -0.3 is 5.73 Å². The molecule has 52 valence electrons. The number of allylic oxidation sites excluding steroid dienone is 1. The van der Waals surface area contributed by atoms with E-state index >= 15 is 0 Å². The summed E-state index contributed by atoms with van der Waals surface area (Å²) in [5.74, 6) is 0.0357. The molecule has 0 atom stereocenters. The third-order valence-corrected chi connectivity index (χ3v) is 0.748. The highest BCUT2D eigenvalue weighted by Gasteiger charge is 2.03. The zero-order valence-electron chi connectivity index (χ0n) is 6.14. The second kappa shape index (κ2) is 2.78. The molecule has 0 saturated heterocycles. The van der Waals surface area contributed by atoms with Crippen molar-refractivity contribution in [3.63, 3.8) is 0 Å². The zero-order chi connectivity index (χ0) is 7.49. The molecule has 2 nitrogen and oxygen atoms in total. The number of carbonyl (C=O) groups excluding carboxylic acids is 1. The second-order valence-electron chi connectivity index (χ2n) is 2.77. The van der Waals surface area contributed by atoms with Crippen molar-refractivity contribution in [1.82, 2.24) is 0 Å². The molecule has 0 aromatic carbocycles. The summed E-state index contributed by atoms with van der Waals surface area (Å²) in [6, 6.07) is 0. The summed E-state index contributed by atoms with van der Waals surface area (Å²) >= 11 is 0. The Morgan fingerprint density at radius 3 is 2.11 bits per heavy atom. The molecule has 2 N–H and O–H groups in total. The summed E-state index contributed by atoms with van der Waals surface area (Å²) in [4.78, 5) is 10.3.